The van der Waals surface area contributed by atoms with E-state index < -0.39 is 11.6 Å². The molecule has 3 heteroatoms. The molecule has 2 unspecified atom stereocenters. The minimum absolute atomic E-state index is 0.113. The van der Waals surface area contributed by atoms with Gasteiger partial charge in [-0.05, 0) is 43.0 Å². The van der Waals surface area contributed by atoms with Gasteiger partial charge in [0.05, 0.1) is 0 Å². The Morgan fingerprint density at radius 1 is 1.05 bits per heavy atom. The molecule has 1 N–H and O–H groups in total. The highest BCUT2D eigenvalue weighted by molar-refractivity contribution is 5.22. The SMILES string of the molecule is CCCCC(CC)C(NCCC)c1ccc(F)c(F)c1. The van der Waals surface area contributed by atoms with Crippen LogP contribution in [0.2, 0.25) is 0 Å². The molecule has 0 saturated carbocycles. The second kappa shape index (κ2) is 9.06. The molecule has 0 bridgehead atoms. The van der Waals surface area contributed by atoms with Gasteiger partial charge >= 0.3 is 0 Å². The van der Waals surface area contributed by atoms with E-state index in [9.17, 15) is 8.78 Å². The second-order valence-corrected chi connectivity index (χ2v) is 5.42. The van der Waals surface area contributed by atoms with Crippen LogP contribution in [0.1, 0.15) is 64.5 Å². The largest absolute Gasteiger partial charge is 0.310 e. The molecule has 0 aliphatic rings. The molecular formula is C17H27F2N. The van der Waals surface area contributed by atoms with Gasteiger partial charge in [0, 0.05) is 6.04 Å². The van der Waals surface area contributed by atoms with Crippen molar-refractivity contribution in [2.24, 2.45) is 5.92 Å². The third-order valence-corrected chi connectivity index (χ3v) is 3.84. The standard InChI is InChI=1S/C17H27F2N/c1-4-7-8-13(6-3)17(20-11-5-2)14-9-10-15(18)16(19)12-14/h9-10,12-13,17,20H,4-8,11H2,1-3H3. The van der Waals surface area contributed by atoms with Gasteiger partial charge in [0.1, 0.15) is 0 Å². The first kappa shape index (κ1) is 17.1. The van der Waals surface area contributed by atoms with Crippen LogP contribution < -0.4 is 5.32 Å². The summed E-state index contributed by atoms with van der Waals surface area (Å²) in [5.41, 5.74) is 0.861. The van der Waals surface area contributed by atoms with Gasteiger partial charge < -0.3 is 5.32 Å². The Bertz CT molecular complexity index is 393. The number of halogens is 2. The molecule has 0 radical (unpaired) electrons. The van der Waals surface area contributed by atoms with Crippen LogP contribution in [0.5, 0.6) is 0 Å². The average molecular weight is 283 g/mol. The highest BCUT2D eigenvalue weighted by atomic mass is 19.2. The molecule has 0 amide bonds. The first-order valence-electron chi connectivity index (χ1n) is 7.82. The normalized spacial score (nSPS) is 14.2. The molecule has 0 saturated heterocycles. The fourth-order valence-electron chi connectivity index (χ4n) is 2.64. The molecule has 1 rings (SSSR count). The predicted molar refractivity (Wildman–Crippen MR) is 80.7 cm³/mol. The minimum Gasteiger partial charge on any atom is -0.310 e. The molecule has 1 aromatic rings. The fraction of sp³-hybridized carbons (Fsp3) is 0.647. The van der Waals surface area contributed by atoms with Gasteiger partial charge in [-0.3, -0.25) is 0 Å². The Morgan fingerprint density at radius 3 is 2.35 bits per heavy atom. The van der Waals surface area contributed by atoms with E-state index in [1.165, 1.54) is 18.6 Å². The van der Waals surface area contributed by atoms with E-state index in [4.69, 9.17) is 0 Å². The zero-order chi connectivity index (χ0) is 15.0. The summed E-state index contributed by atoms with van der Waals surface area (Å²) in [6.45, 7) is 7.36. The summed E-state index contributed by atoms with van der Waals surface area (Å²) in [5, 5.41) is 3.50. The Balaban J connectivity index is 2.93. The summed E-state index contributed by atoms with van der Waals surface area (Å²) in [6, 6.07) is 4.40. The number of rotatable bonds is 9. The lowest BCUT2D eigenvalue weighted by Crippen LogP contribution is -2.29. The highest BCUT2D eigenvalue weighted by Gasteiger charge is 2.21. The van der Waals surface area contributed by atoms with Crippen molar-refractivity contribution in [1.29, 1.82) is 0 Å². The third kappa shape index (κ3) is 4.86. The second-order valence-electron chi connectivity index (χ2n) is 5.42. The number of benzene rings is 1. The minimum atomic E-state index is -0.774. The van der Waals surface area contributed by atoms with E-state index in [2.05, 4.69) is 26.1 Å². The maximum absolute atomic E-state index is 13.5. The Hall–Kier alpha value is -0.960. The Labute approximate surface area is 121 Å². The van der Waals surface area contributed by atoms with Crippen molar-refractivity contribution in [3.05, 3.63) is 35.4 Å². The summed E-state index contributed by atoms with van der Waals surface area (Å²) < 4.78 is 26.6. The van der Waals surface area contributed by atoms with Crippen molar-refractivity contribution >= 4 is 0 Å². The molecular weight excluding hydrogens is 256 g/mol. The summed E-state index contributed by atoms with van der Waals surface area (Å²) in [5.74, 6) is -1.06. The van der Waals surface area contributed by atoms with Gasteiger partial charge in [0.25, 0.3) is 0 Å². The van der Waals surface area contributed by atoms with Crippen LogP contribution in [0.25, 0.3) is 0 Å². The molecule has 114 valence electrons. The summed E-state index contributed by atoms with van der Waals surface area (Å²) >= 11 is 0. The van der Waals surface area contributed by atoms with Crippen LogP contribution >= 0.6 is 0 Å². The van der Waals surface area contributed by atoms with Crippen LogP contribution in [0.4, 0.5) is 8.78 Å². The van der Waals surface area contributed by atoms with E-state index in [1.54, 1.807) is 6.07 Å². The molecule has 1 nitrogen and oxygen atoms in total. The topological polar surface area (TPSA) is 12.0 Å². The zero-order valence-electron chi connectivity index (χ0n) is 12.9. The average Bonchev–Trinajstić information content (AvgIpc) is 2.45. The Kier molecular flexibility index (Phi) is 7.75. The molecule has 1 aromatic carbocycles. The molecule has 0 aliphatic heterocycles. The molecule has 0 fully saturated rings. The van der Waals surface area contributed by atoms with Gasteiger partial charge in [-0.1, -0.05) is 46.1 Å². The van der Waals surface area contributed by atoms with E-state index >= 15 is 0 Å². The maximum Gasteiger partial charge on any atom is 0.159 e. The van der Waals surface area contributed by atoms with Crippen LogP contribution in [-0.2, 0) is 0 Å². The molecule has 0 spiro atoms. The van der Waals surface area contributed by atoms with Gasteiger partial charge in [0.15, 0.2) is 11.6 Å². The van der Waals surface area contributed by atoms with Crippen LogP contribution in [-0.4, -0.2) is 6.54 Å². The molecule has 20 heavy (non-hydrogen) atoms. The van der Waals surface area contributed by atoms with Crippen molar-refractivity contribution in [3.8, 4) is 0 Å². The lowest BCUT2D eigenvalue weighted by atomic mass is 9.86. The smallest absolute Gasteiger partial charge is 0.159 e. The number of nitrogens with one attached hydrogen (secondary N) is 1. The first-order chi connectivity index (χ1) is 9.63. The van der Waals surface area contributed by atoms with Gasteiger partial charge in [-0.2, -0.15) is 0 Å². The number of hydrogen-bond acceptors (Lipinski definition) is 1. The summed E-state index contributed by atoms with van der Waals surface area (Å²) in [6.07, 6.45) is 5.53. The lowest BCUT2D eigenvalue weighted by Gasteiger charge is -2.28. The highest BCUT2D eigenvalue weighted by Crippen LogP contribution is 2.30. The van der Waals surface area contributed by atoms with E-state index in [0.717, 1.165) is 37.8 Å². The van der Waals surface area contributed by atoms with Crippen LogP contribution in [0.15, 0.2) is 18.2 Å². The monoisotopic (exact) mass is 283 g/mol. The Morgan fingerprint density at radius 2 is 1.80 bits per heavy atom. The van der Waals surface area contributed by atoms with E-state index in [0.29, 0.717) is 5.92 Å². The van der Waals surface area contributed by atoms with Crippen LogP contribution in [0.3, 0.4) is 0 Å². The molecule has 0 aromatic heterocycles. The van der Waals surface area contributed by atoms with Crippen molar-refractivity contribution in [2.45, 2.75) is 58.9 Å². The fourth-order valence-corrected chi connectivity index (χ4v) is 2.64. The van der Waals surface area contributed by atoms with Crippen LogP contribution in [0, 0.1) is 17.6 Å². The lowest BCUT2D eigenvalue weighted by molar-refractivity contribution is 0.322. The third-order valence-electron chi connectivity index (χ3n) is 3.84. The number of hydrogen-bond donors (Lipinski definition) is 1. The van der Waals surface area contributed by atoms with Gasteiger partial charge in [0.2, 0.25) is 0 Å². The summed E-state index contributed by atoms with van der Waals surface area (Å²) in [4.78, 5) is 0. The molecule has 2 atom stereocenters. The number of unbranched alkanes of at least 4 members (excludes halogenated alkanes) is 1. The van der Waals surface area contributed by atoms with Crippen molar-refractivity contribution in [1.82, 2.24) is 5.32 Å². The molecule has 0 aliphatic carbocycles. The predicted octanol–water partition coefficient (Wildman–Crippen LogP) is 5.22. The van der Waals surface area contributed by atoms with Crippen molar-refractivity contribution in [2.75, 3.05) is 6.54 Å². The van der Waals surface area contributed by atoms with Gasteiger partial charge in [-0.25, -0.2) is 8.78 Å². The molecule has 0 heterocycles. The zero-order valence-corrected chi connectivity index (χ0v) is 12.9. The van der Waals surface area contributed by atoms with E-state index in [-0.39, 0.29) is 6.04 Å². The van der Waals surface area contributed by atoms with E-state index in [1.807, 2.05) is 0 Å². The van der Waals surface area contributed by atoms with Gasteiger partial charge in [-0.15, -0.1) is 0 Å². The first-order valence-corrected chi connectivity index (χ1v) is 7.82. The van der Waals surface area contributed by atoms with Crippen molar-refractivity contribution in [3.63, 3.8) is 0 Å². The quantitative estimate of drug-likeness (QED) is 0.655. The maximum atomic E-state index is 13.5. The van der Waals surface area contributed by atoms with Crippen molar-refractivity contribution < 1.29 is 8.78 Å². The summed E-state index contributed by atoms with van der Waals surface area (Å²) in [7, 11) is 0.